The van der Waals surface area contributed by atoms with Crippen molar-refractivity contribution in [2.75, 3.05) is 0 Å². The minimum Gasteiger partial charge on any atom is -0.507 e. The van der Waals surface area contributed by atoms with Gasteiger partial charge in [0, 0.05) is 15.1 Å². The van der Waals surface area contributed by atoms with E-state index in [4.69, 9.17) is 27.9 Å². The van der Waals surface area contributed by atoms with Crippen molar-refractivity contribution in [3.8, 4) is 11.5 Å². The van der Waals surface area contributed by atoms with E-state index in [9.17, 15) is 14.7 Å². The monoisotopic (exact) mass is 506 g/mol. The van der Waals surface area contributed by atoms with Gasteiger partial charge in [-0.3, -0.25) is 4.79 Å². The molecule has 6 nitrogen and oxygen atoms in total. The zero-order valence-electron chi connectivity index (χ0n) is 15.1. The summed E-state index contributed by atoms with van der Waals surface area (Å²) in [6, 6.07) is 15.5. The minimum absolute atomic E-state index is 0.0285. The van der Waals surface area contributed by atoms with E-state index in [0.717, 1.165) is 0 Å². The van der Waals surface area contributed by atoms with Gasteiger partial charge in [-0.15, -0.1) is 0 Å². The number of hydrogen-bond acceptors (Lipinski definition) is 5. The third-order valence-corrected chi connectivity index (χ3v) is 4.90. The van der Waals surface area contributed by atoms with Crippen molar-refractivity contribution in [1.29, 1.82) is 0 Å². The molecule has 0 saturated carbocycles. The Labute approximate surface area is 190 Å². The third-order valence-electron chi connectivity index (χ3n) is 3.84. The highest BCUT2D eigenvalue weighted by molar-refractivity contribution is 9.10. The normalized spacial score (nSPS) is 10.8. The fourth-order valence-corrected chi connectivity index (χ4v) is 3.17. The number of esters is 1. The van der Waals surface area contributed by atoms with Crippen LogP contribution in [0, 0.1) is 0 Å². The van der Waals surface area contributed by atoms with Gasteiger partial charge in [0.2, 0.25) is 0 Å². The van der Waals surface area contributed by atoms with Gasteiger partial charge in [0.25, 0.3) is 5.91 Å². The molecule has 0 unspecified atom stereocenters. The first-order valence-electron chi connectivity index (χ1n) is 8.43. The van der Waals surface area contributed by atoms with Crippen molar-refractivity contribution in [1.82, 2.24) is 5.43 Å². The minimum atomic E-state index is -0.657. The number of benzene rings is 3. The predicted molar refractivity (Wildman–Crippen MR) is 119 cm³/mol. The van der Waals surface area contributed by atoms with Crippen LogP contribution in [-0.4, -0.2) is 23.2 Å². The van der Waals surface area contributed by atoms with E-state index in [-0.39, 0.29) is 27.6 Å². The number of phenolic OH excluding ortho intramolecular Hbond substituents is 1. The summed E-state index contributed by atoms with van der Waals surface area (Å²) in [5.74, 6) is -1.31. The molecule has 1 amide bonds. The molecule has 2 N–H and O–H groups in total. The van der Waals surface area contributed by atoms with Crippen molar-refractivity contribution < 1.29 is 19.4 Å². The van der Waals surface area contributed by atoms with Crippen LogP contribution in [0.4, 0.5) is 0 Å². The van der Waals surface area contributed by atoms with Gasteiger partial charge in [-0.25, -0.2) is 10.2 Å². The first-order chi connectivity index (χ1) is 14.3. The molecule has 3 aromatic carbocycles. The molecule has 0 aliphatic carbocycles. The van der Waals surface area contributed by atoms with Gasteiger partial charge in [-0.1, -0.05) is 51.3 Å². The largest absolute Gasteiger partial charge is 0.507 e. The number of carbonyl (C=O) groups is 2. The summed E-state index contributed by atoms with van der Waals surface area (Å²) in [6.45, 7) is 0. The molecule has 9 heteroatoms. The third kappa shape index (κ3) is 5.38. The molecule has 3 aromatic rings. The second-order valence-corrected chi connectivity index (χ2v) is 7.67. The first kappa shape index (κ1) is 21.8. The molecule has 0 radical (unpaired) electrons. The van der Waals surface area contributed by atoms with E-state index in [0.29, 0.717) is 15.1 Å². The van der Waals surface area contributed by atoms with Crippen molar-refractivity contribution >= 4 is 57.2 Å². The van der Waals surface area contributed by atoms with E-state index >= 15 is 0 Å². The molecule has 0 aliphatic heterocycles. The number of nitrogens with one attached hydrogen (secondary N) is 1. The Bertz CT molecular complexity index is 1150. The zero-order chi connectivity index (χ0) is 21.7. The van der Waals surface area contributed by atoms with Gasteiger partial charge < -0.3 is 9.84 Å². The molecule has 0 atom stereocenters. The molecule has 0 bridgehead atoms. The average molecular weight is 508 g/mol. The number of phenols is 1. The Morgan fingerprint density at radius 1 is 1.03 bits per heavy atom. The van der Waals surface area contributed by atoms with Gasteiger partial charge in [0.15, 0.2) is 0 Å². The molecule has 0 saturated heterocycles. The van der Waals surface area contributed by atoms with Gasteiger partial charge in [0.1, 0.15) is 11.5 Å². The number of ether oxygens (including phenoxy) is 1. The molecule has 3 rings (SSSR count). The molecule has 0 fully saturated rings. The van der Waals surface area contributed by atoms with Crippen LogP contribution in [-0.2, 0) is 0 Å². The lowest BCUT2D eigenvalue weighted by Crippen LogP contribution is -2.18. The van der Waals surface area contributed by atoms with Crippen LogP contribution >= 0.6 is 39.1 Å². The van der Waals surface area contributed by atoms with E-state index in [1.54, 1.807) is 42.5 Å². The maximum atomic E-state index is 12.4. The van der Waals surface area contributed by atoms with Crippen LogP contribution in [0.5, 0.6) is 11.5 Å². The summed E-state index contributed by atoms with van der Waals surface area (Å²) in [4.78, 5) is 24.6. The van der Waals surface area contributed by atoms with E-state index < -0.39 is 11.9 Å². The molecular weight excluding hydrogens is 495 g/mol. The zero-order valence-corrected chi connectivity index (χ0v) is 18.2. The molecule has 0 heterocycles. The van der Waals surface area contributed by atoms with Crippen LogP contribution in [0.1, 0.15) is 26.3 Å². The van der Waals surface area contributed by atoms with E-state index in [1.807, 2.05) is 0 Å². The standard InChI is InChI=1S/C21H13BrCl2N2O4/c22-13-5-8-19(30-21(29)15-3-1-2-4-17(15)24)12(9-13)11-25-26-20(28)16-10-14(23)6-7-18(16)27/h1-11,27H,(H,26,28). The predicted octanol–water partition coefficient (Wildman–Crippen LogP) is 5.44. The molecule has 152 valence electrons. The number of amides is 1. The fraction of sp³-hybridized carbons (Fsp3) is 0. The number of nitrogens with zero attached hydrogens (tertiary/aromatic N) is 1. The molecular formula is C21H13BrCl2N2O4. The highest BCUT2D eigenvalue weighted by Gasteiger charge is 2.15. The van der Waals surface area contributed by atoms with Crippen LogP contribution in [0.15, 0.2) is 70.2 Å². The Morgan fingerprint density at radius 2 is 1.80 bits per heavy atom. The molecule has 0 aliphatic rings. The maximum absolute atomic E-state index is 12.4. The number of rotatable bonds is 5. The first-order valence-corrected chi connectivity index (χ1v) is 9.98. The van der Waals surface area contributed by atoms with Crippen molar-refractivity contribution in [3.05, 3.63) is 91.9 Å². The van der Waals surface area contributed by atoms with Crippen LogP contribution in [0.2, 0.25) is 10.0 Å². The summed E-state index contributed by atoms with van der Waals surface area (Å²) in [7, 11) is 0. The van der Waals surface area contributed by atoms with Crippen molar-refractivity contribution in [2.24, 2.45) is 5.10 Å². The number of hydrogen-bond donors (Lipinski definition) is 2. The van der Waals surface area contributed by atoms with Gasteiger partial charge >= 0.3 is 5.97 Å². The van der Waals surface area contributed by atoms with Crippen molar-refractivity contribution in [3.63, 3.8) is 0 Å². The Hall–Kier alpha value is -2.87. The Morgan fingerprint density at radius 3 is 2.57 bits per heavy atom. The average Bonchev–Trinajstić information content (AvgIpc) is 2.71. The number of carbonyl (C=O) groups excluding carboxylic acids is 2. The van der Waals surface area contributed by atoms with Crippen LogP contribution in [0.25, 0.3) is 0 Å². The Balaban J connectivity index is 1.78. The van der Waals surface area contributed by atoms with Crippen molar-refractivity contribution in [2.45, 2.75) is 0 Å². The van der Waals surface area contributed by atoms with Gasteiger partial charge in [-0.2, -0.15) is 5.10 Å². The SMILES string of the molecule is O=C(NN=Cc1cc(Br)ccc1OC(=O)c1ccccc1Cl)c1cc(Cl)ccc1O. The number of hydrazone groups is 1. The maximum Gasteiger partial charge on any atom is 0.345 e. The summed E-state index contributed by atoms with van der Waals surface area (Å²) >= 11 is 15.2. The second kappa shape index (κ2) is 9.75. The van der Waals surface area contributed by atoms with Gasteiger partial charge in [0.05, 0.1) is 22.4 Å². The van der Waals surface area contributed by atoms with Crippen LogP contribution in [0.3, 0.4) is 0 Å². The lowest BCUT2D eigenvalue weighted by Gasteiger charge is -2.09. The highest BCUT2D eigenvalue weighted by Crippen LogP contribution is 2.25. The van der Waals surface area contributed by atoms with Crippen LogP contribution < -0.4 is 10.2 Å². The van der Waals surface area contributed by atoms with Gasteiger partial charge in [-0.05, 0) is 48.5 Å². The number of aromatic hydroxyl groups is 1. The lowest BCUT2D eigenvalue weighted by atomic mass is 10.2. The summed E-state index contributed by atoms with van der Waals surface area (Å²) < 4.78 is 6.15. The van der Waals surface area contributed by atoms with E-state index in [2.05, 4.69) is 26.5 Å². The topological polar surface area (TPSA) is 88.0 Å². The Kier molecular flexibility index (Phi) is 7.10. The quantitative estimate of drug-likeness (QED) is 0.208. The number of halogens is 3. The second-order valence-electron chi connectivity index (χ2n) is 5.91. The fourth-order valence-electron chi connectivity index (χ4n) is 2.41. The summed E-state index contributed by atoms with van der Waals surface area (Å²) in [5, 5.41) is 14.2. The summed E-state index contributed by atoms with van der Waals surface area (Å²) in [6.07, 6.45) is 1.31. The molecule has 30 heavy (non-hydrogen) atoms. The smallest absolute Gasteiger partial charge is 0.345 e. The molecule has 0 aromatic heterocycles. The van der Waals surface area contributed by atoms with E-state index in [1.165, 1.54) is 24.4 Å². The summed E-state index contributed by atoms with van der Waals surface area (Å²) in [5.41, 5.74) is 2.90. The molecule has 0 spiro atoms. The highest BCUT2D eigenvalue weighted by atomic mass is 79.9. The lowest BCUT2D eigenvalue weighted by molar-refractivity contribution is 0.0734.